The van der Waals surface area contributed by atoms with Gasteiger partial charge in [0.2, 0.25) is 5.95 Å². The Morgan fingerprint density at radius 3 is 2.48 bits per heavy atom. The lowest BCUT2D eigenvalue weighted by Crippen LogP contribution is -2.13. The molecule has 0 bridgehead atoms. The van der Waals surface area contributed by atoms with E-state index >= 15 is 0 Å². The number of hydrogen-bond donors (Lipinski definition) is 1. The maximum atomic E-state index is 12.1. The van der Waals surface area contributed by atoms with Crippen LogP contribution in [0.5, 0.6) is 11.5 Å². The molecule has 3 aromatic rings. The Balaban J connectivity index is 1.96. The van der Waals surface area contributed by atoms with Crippen molar-refractivity contribution in [3.8, 4) is 17.2 Å². The van der Waals surface area contributed by atoms with E-state index in [9.17, 15) is 4.79 Å². The van der Waals surface area contributed by atoms with Crippen LogP contribution in [0.3, 0.4) is 0 Å². The van der Waals surface area contributed by atoms with Crippen LogP contribution in [-0.2, 0) is 0 Å². The van der Waals surface area contributed by atoms with Gasteiger partial charge >= 0.3 is 4.87 Å². The molecule has 0 fully saturated rings. The van der Waals surface area contributed by atoms with Crippen LogP contribution in [0.2, 0.25) is 0 Å². The predicted molar refractivity (Wildman–Crippen MR) is 90.5 cm³/mol. The molecule has 0 atom stereocenters. The summed E-state index contributed by atoms with van der Waals surface area (Å²) in [4.78, 5) is 12.0. The smallest absolute Gasteiger partial charge is 0.332 e. The van der Waals surface area contributed by atoms with Gasteiger partial charge in [0.15, 0.2) is 0 Å². The molecule has 0 aliphatic rings. The fourth-order valence-electron chi connectivity index (χ4n) is 2.11. The Labute approximate surface area is 137 Å². The SMILES string of the molecule is COc1ccc(Nc2nsc(=O)n2-c2cccc(OC)c2)cc1. The molecule has 23 heavy (non-hydrogen) atoms. The van der Waals surface area contributed by atoms with Crippen molar-refractivity contribution < 1.29 is 9.47 Å². The zero-order chi connectivity index (χ0) is 16.2. The largest absolute Gasteiger partial charge is 0.497 e. The van der Waals surface area contributed by atoms with E-state index in [1.807, 2.05) is 42.5 Å². The van der Waals surface area contributed by atoms with E-state index in [1.54, 1.807) is 20.3 Å². The first-order chi connectivity index (χ1) is 11.2. The Morgan fingerprint density at radius 2 is 1.78 bits per heavy atom. The van der Waals surface area contributed by atoms with E-state index in [4.69, 9.17) is 9.47 Å². The molecule has 0 aliphatic heterocycles. The number of aromatic nitrogens is 2. The highest BCUT2D eigenvalue weighted by Crippen LogP contribution is 2.22. The van der Waals surface area contributed by atoms with Crippen molar-refractivity contribution in [1.82, 2.24) is 8.94 Å². The fraction of sp³-hybridized carbons (Fsp3) is 0.125. The summed E-state index contributed by atoms with van der Waals surface area (Å²) < 4.78 is 16.0. The van der Waals surface area contributed by atoms with Crippen LogP contribution in [0.15, 0.2) is 53.3 Å². The summed E-state index contributed by atoms with van der Waals surface area (Å²) in [6.07, 6.45) is 0. The van der Waals surface area contributed by atoms with Crippen LogP contribution in [0.25, 0.3) is 5.69 Å². The van der Waals surface area contributed by atoms with Gasteiger partial charge < -0.3 is 14.8 Å². The van der Waals surface area contributed by atoms with E-state index in [0.29, 0.717) is 17.4 Å². The number of methoxy groups -OCH3 is 2. The third-order valence-electron chi connectivity index (χ3n) is 3.26. The molecule has 0 unspecified atom stereocenters. The van der Waals surface area contributed by atoms with Gasteiger partial charge in [0.25, 0.3) is 0 Å². The molecule has 2 aromatic carbocycles. The Bertz CT molecular complexity index is 856. The van der Waals surface area contributed by atoms with E-state index in [0.717, 1.165) is 23.0 Å². The predicted octanol–water partition coefficient (Wildman–Crippen LogP) is 3.05. The summed E-state index contributed by atoms with van der Waals surface area (Å²) in [6, 6.07) is 14.7. The van der Waals surface area contributed by atoms with Gasteiger partial charge in [0, 0.05) is 23.3 Å². The average Bonchev–Trinajstić information content (AvgIpc) is 2.96. The van der Waals surface area contributed by atoms with Crippen LogP contribution < -0.4 is 19.7 Å². The minimum atomic E-state index is -0.172. The van der Waals surface area contributed by atoms with E-state index in [-0.39, 0.29) is 4.87 Å². The number of benzene rings is 2. The molecule has 0 spiro atoms. The second-order valence-electron chi connectivity index (χ2n) is 4.66. The first-order valence-corrected chi connectivity index (χ1v) is 7.63. The van der Waals surface area contributed by atoms with Crippen molar-refractivity contribution in [3.63, 3.8) is 0 Å². The summed E-state index contributed by atoms with van der Waals surface area (Å²) >= 11 is 0.896. The molecule has 1 aromatic heterocycles. The minimum absolute atomic E-state index is 0.172. The lowest BCUT2D eigenvalue weighted by Gasteiger charge is -2.10. The van der Waals surface area contributed by atoms with Gasteiger partial charge in [-0.15, -0.1) is 0 Å². The molecule has 7 heteroatoms. The number of nitrogens with zero attached hydrogens (tertiary/aromatic N) is 2. The maximum absolute atomic E-state index is 12.1. The molecular formula is C16H15N3O3S. The van der Waals surface area contributed by atoms with E-state index in [1.165, 1.54) is 4.57 Å². The standard InChI is InChI=1S/C16H15N3O3S/c1-21-13-8-6-11(7-9-13)17-15-18-23-16(20)19(15)12-4-3-5-14(10-12)22-2/h3-10H,1-2H3,(H,17,18). The number of hydrogen-bond acceptors (Lipinski definition) is 6. The van der Waals surface area contributed by atoms with Gasteiger partial charge in [-0.05, 0) is 36.4 Å². The normalized spacial score (nSPS) is 10.3. The highest BCUT2D eigenvalue weighted by molar-refractivity contribution is 7.03. The van der Waals surface area contributed by atoms with Gasteiger partial charge in [0.05, 0.1) is 19.9 Å². The van der Waals surface area contributed by atoms with Crippen molar-refractivity contribution in [2.45, 2.75) is 0 Å². The van der Waals surface area contributed by atoms with Gasteiger partial charge in [-0.3, -0.25) is 4.79 Å². The summed E-state index contributed by atoms with van der Waals surface area (Å²) in [6.45, 7) is 0. The Kier molecular flexibility index (Phi) is 4.29. The minimum Gasteiger partial charge on any atom is -0.497 e. The highest BCUT2D eigenvalue weighted by atomic mass is 32.1. The van der Waals surface area contributed by atoms with Gasteiger partial charge in [0.1, 0.15) is 11.5 Å². The van der Waals surface area contributed by atoms with Crippen LogP contribution in [0.4, 0.5) is 11.6 Å². The van der Waals surface area contributed by atoms with Crippen molar-refractivity contribution in [2.24, 2.45) is 0 Å². The van der Waals surface area contributed by atoms with Crippen molar-refractivity contribution in [1.29, 1.82) is 0 Å². The molecule has 118 valence electrons. The molecule has 6 nitrogen and oxygen atoms in total. The van der Waals surface area contributed by atoms with Crippen molar-refractivity contribution >= 4 is 23.2 Å². The maximum Gasteiger partial charge on any atom is 0.332 e. The van der Waals surface area contributed by atoms with Crippen LogP contribution in [0, 0.1) is 0 Å². The first kappa shape index (κ1) is 15.1. The van der Waals surface area contributed by atoms with Crippen molar-refractivity contribution in [2.75, 3.05) is 19.5 Å². The molecule has 1 N–H and O–H groups in total. The molecule has 1 heterocycles. The quantitative estimate of drug-likeness (QED) is 0.779. The van der Waals surface area contributed by atoms with Crippen LogP contribution in [-0.4, -0.2) is 23.2 Å². The van der Waals surface area contributed by atoms with E-state index < -0.39 is 0 Å². The zero-order valence-corrected chi connectivity index (χ0v) is 13.5. The molecule has 0 saturated carbocycles. The first-order valence-electron chi connectivity index (χ1n) is 6.85. The molecule has 0 amide bonds. The molecular weight excluding hydrogens is 314 g/mol. The monoisotopic (exact) mass is 329 g/mol. The average molecular weight is 329 g/mol. The van der Waals surface area contributed by atoms with Crippen molar-refractivity contribution in [3.05, 3.63) is 58.2 Å². The molecule has 0 saturated heterocycles. The number of rotatable bonds is 5. The fourth-order valence-corrected chi connectivity index (χ4v) is 2.68. The van der Waals surface area contributed by atoms with Gasteiger partial charge in [-0.1, -0.05) is 6.07 Å². The number of anilines is 2. The zero-order valence-electron chi connectivity index (χ0n) is 12.6. The number of nitrogens with one attached hydrogen (secondary N) is 1. The molecule has 3 rings (SSSR count). The third kappa shape index (κ3) is 3.19. The molecule has 0 radical (unpaired) electrons. The second kappa shape index (κ2) is 6.53. The highest BCUT2D eigenvalue weighted by Gasteiger charge is 2.12. The summed E-state index contributed by atoms with van der Waals surface area (Å²) in [5.41, 5.74) is 1.51. The molecule has 0 aliphatic carbocycles. The van der Waals surface area contributed by atoms with E-state index in [2.05, 4.69) is 9.69 Å². The van der Waals surface area contributed by atoms with Crippen LogP contribution in [0.1, 0.15) is 0 Å². The third-order valence-corrected chi connectivity index (χ3v) is 3.87. The second-order valence-corrected chi connectivity index (χ2v) is 5.38. The van der Waals surface area contributed by atoms with Gasteiger partial charge in [-0.2, -0.15) is 4.37 Å². The van der Waals surface area contributed by atoms with Gasteiger partial charge in [-0.25, -0.2) is 4.57 Å². The summed E-state index contributed by atoms with van der Waals surface area (Å²) in [7, 11) is 3.20. The van der Waals surface area contributed by atoms with Crippen LogP contribution >= 0.6 is 11.5 Å². The topological polar surface area (TPSA) is 65.4 Å². The lowest BCUT2D eigenvalue weighted by molar-refractivity contribution is 0.414. The summed E-state index contributed by atoms with van der Waals surface area (Å²) in [5, 5.41) is 3.15. The Morgan fingerprint density at radius 1 is 1.04 bits per heavy atom. The Hall–Kier alpha value is -2.80. The lowest BCUT2D eigenvalue weighted by atomic mass is 10.3. The summed E-state index contributed by atoms with van der Waals surface area (Å²) in [5.74, 6) is 1.90. The number of ether oxygens (including phenoxy) is 2.